The molecule has 1 atom stereocenters. The van der Waals surface area contributed by atoms with E-state index in [4.69, 9.17) is 4.74 Å². The molecule has 0 spiro atoms. The minimum Gasteiger partial charge on any atom is -0.488 e. The van der Waals surface area contributed by atoms with Gasteiger partial charge in [-0.25, -0.2) is 4.39 Å². The van der Waals surface area contributed by atoms with Crippen molar-refractivity contribution in [2.75, 3.05) is 0 Å². The van der Waals surface area contributed by atoms with Gasteiger partial charge < -0.3 is 9.84 Å². The van der Waals surface area contributed by atoms with Crippen molar-refractivity contribution in [3.63, 3.8) is 0 Å². The van der Waals surface area contributed by atoms with Crippen LogP contribution in [-0.2, 0) is 6.61 Å². The second kappa shape index (κ2) is 5.65. The number of halogens is 1. The molecule has 0 radical (unpaired) electrons. The molecule has 0 unspecified atom stereocenters. The molecule has 0 heterocycles. The van der Waals surface area contributed by atoms with Crippen LogP contribution in [0.25, 0.3) is 0 Å². The molecule has 0 bridgehead atoms. The van der Waals surface area contributed by atoms with Gasteiger partial charge >= 0.3 is 0 Å². The third-order valence-corrected chi connectivity index (χ3v) is 2.66. The fraction of sp³-hybridized carbons (Fsp3) is 0.200. The topological polar surface area (TPSA) is 29.5 Å². The van der Waals surface area contributed by atoms with Gasteiger partial charge in [0.05, 0.1) is 6.10 Å². The molecule has 0 aliphatic heterocycles. The van der Waals surface area contributed by atoms with Gasteiger partial charge in [0.15, 0.2) is 0 Å². The number of ether oxygens (including phenoxy) is 1. The maximum atomic E-state index is 13.2. The van der Waals surface area contributed by atoms with Crippen molar-refractivity contribution in [1.29, 1.82) is 0 Å². The van der Waals surface area contributed by atoms with E-state index in [1.165, 1.54) is 12.1 Å². The van der Waals surface area contributed by atoms with Crippen LogP contribution in [0.5, 0.6) is 5.75 Å². The lowest BCUT2D eigenvalue weighted by atomic mass is 10.1. The van der Waals surface area contributed by atoms with E-state index < -0.39 is 6.10 Å². The van der Waals surface area contributed by atoms with Crippen molar-refractivity contribution in [3.8, 4) is 5.75 Å². The summed E-state index contributed by atoms with van der Waals surface area (Å²) in [5, 5.41) is 9.59. The monoisotopic (exact) mass is 246 g/mol. The van der Waals surface area contributed by atoms with Crippen molar-refractivity contribution < 1.29 is 14.2 Å². The predicted octanol–water partition coefficient (Wildman–Crippen LogP) is 3.46. The fourth-order valence-electron chi connectivity index (χ4n) is 1.71. The molecule has 2 aromatic rings. The van der Waals surface area contributed by atoms with Crippen LogP contribution in [0.3, 0.4) is 0 Å². The molecule has 0 saturated carbocycles. The van der Waals surface area contributed by atoms with Crippen molar-refractivity contribution in [3.05, 3.63) is 65.5 Å². The van der Waals surface area contributed by atoms with E-state index in [0.29, 0.717) is 17.9 Å². The summed E-state index contributed by atoms with van der Waals surface area (Å²) in [4.78, 5) is 0. The maximum Gasteiger partial charge on any atom is 0.128 e. The highest BCUT2D eigenvalue weighted by atomic mass is 19.1. The standard InChI is InChI=1S/C15H15FO2/c1-11(17)14-8-7-13(16)9-15(14)18-10-12-5-3-2-4-6-12/h2-9,11,17H,10H2,1H3/t11-/m0/s1. The number of aliphatic hydroxyl groups is 1. The summed E-state index contributed by atoms with van der Waals surface area (Å²) < 4.78 is 18.7. The molecule has 2 nitrogen and oxygen atoms in total. The van der Waals surface area contributed by atoms with Crippen molar-refractivity contribution in [1.82, 2.24) is 0 Å². The Hall–Kier alpha value is -1.87. The average molecular weight is 246 g/mol. The van der Waals surface area contributed by atoms with Gasteiger partial charge in [-0.1, -0.05) is 30.3 Å². The maximum absolute atomic E-state index is 13.2. The second-order valence-electron chi connectivity index (χ2n) is 4.13. The summed E-state index contributed by atoms with van der Waals surface area (Å²) in [6, 6.07) is 13.8. The highest BCUT2D eigenvalue weighted by Gasteiger charge is 2.10. The van der Waals surface area contributed by atoms with Gasteiger partial charge in [0, 0.05) is 11.6 Å². The molecule has 1 N–H and O–H groups in total. The Bertz CT molecular complexity index is 509. The van der Waals surface area contributed by atoms with Crippen LogP contribution in [0.4, 0.5) is 4.39 Å². The summed E-state index contributed by atoms with van der Waals surface area (Å²) in [6.07, 6.45) is -0.684. The molecule has 0 aromatic heterocycles. The summed E-state index contributed by atoms with van der Waals surface area (Å²) in [7, 11) is 0. The number of aliphatic hydroxyl groups excluding tert-OH is 1. The van der Waals surface area contributed by atoms with Crippen LogP contribution in [0.1, 0.15) is 24.2 Å². The highest BCUT2D eigenvalue weighted by molar-refractivity contribution is 5.35. The molecule has 0 amide bonds. The zero-order valence-electron chi connectivity index (χ0n) is 10.1. The van der Waals surface area contributed by atoms with Crippen molar-refractivity contribution in [2.45, 2.75) is 19.6 Å². The Labute approximate surface area is 106 Å². The van der Waals surface area contributed by atoms with Gasteiger partial charge in [-0.2, -0.15) is 0 Å². The molecular weight excluding hydrogens is 231 g/mol. The first-order valence-electron chi connectivity index (χ1n) is 5.81. The van der Waals surface area contributed by atoms with Crippen LogP contribution in [0.15, 0.2) is 48.5 Å². The number of rotatable bonds is 4. The lowest BCUT2D eigenvalue weighted by Crippen LogP contribution is -2.01. The minimum absolute atomic E-state index is 0.351. The molecule has 0 fully saturated rings. The first-order chi connectivity index (χ1) is 8.66. The third-order valence-electron chi connectivity index (χ3n) is 2.66. The van der Waals surface area contributed by atoms with Crippen molar-refractivity contribution in [2.24, 2.45) is 0 Å². The van der Waals surface area contributed by atoms with Crippen LogP contribution < -0.4 is 4.74 Å². The smallest absolute Gasteiger partial charge is 0.128 e. The highest BCUT2D eigenvalue weighted by Crippen LogP contribution is 2.26. The van der Waals surface area contributed by atoms with E-state index in [2.05, 4.69) is 0 Å². The number of hydrogen-bond donors (Lipinski definition) is 1. The van der Waals surface area contributed by atoms with Crippen LogP contribution in [0, 0.1) is 5.82 Å². The molecule has 0 aliphatic carbocycles. The van der Waals surface area contributed by atoms with E-state index in [-0.39, 0.29) is 5.82 Å². The minimum atomic E-state index is -0.684. The molecule has 2 rings (SSSR count). The normalized spacial score (nSPS) is 12.2. The molecule has 2 aromatic carbocycles. The number of hydrogen-bond acceptors (Lipinski definition) is 2. The average Bonchev–Trinajstić information content (AvgIpc) is 2.37. The molecular formula is C15H15FO2. The summed E-state index contributed by atoms with van der Waals surface area (Å²) in [6.45, 7) is 1.98. The van der Waals surface area contributed by atoms with Crippen LogP contribution >= 0.6 is 0 Å². The van der Waals surface area contributed by atoms with Crippen molar-refractivity contribution >= 4 is 0 Å². The Morgan fingerprint density at radius 1 is 1.17 bits per heavy atom. The second-order valence-corrected chi connectivity index (χ2v) is 4.13. The summed E-state index contributed by atoms with van der Waals surface area (Å²) >= 11 is 0. The molecule has 0 saturated heterocycles. The Balaban J connectivity index is 2.15. The number of benzene rings is 2. The zero-order valence-corrected chi connectivity index (χ0v) is 10.1. The van der Waals surface area contributed by atoms with Gasteiger partial charge in [0.25, 0.3) is 0 Å². The summed E-state index contributed by atoms with van der Waals surface area (Å²) in [5.41, 5.74) is 1.59. The van der Waals surface area contributed by atoms with E-state index in [9.17, 15) is 9.50 Å². The lowest BCUT2D eigenvalue weighted by molar-refractivity contribution is 0.190. The summed E-state index contributed by atoms with van der Waals surface area (Å²) in [5.74, 6) is 0.0105. The van der Waals surface area contributed by atoms with E-state index in [1.807, 2.05) is 30.3 Å². The molecule has 94 valence electrons. The van der Waals surface area contributed by atoms with Gasteiger partial charge in [0.2, 0.25) is 0 Å². The largest absolute Gasteiger partial charge is 0.488 e. The SMILES string of the molecule is C[C@H](O)c1ccc(F)cc1OCc1ccccc1. The van der Waals surface area contributed by atoms with Gasteiger partial charge in [-0.3, -0.25) is 0 Å². The van der Waals surface area contributed by atoms with Crippen LogP contribution in [-0.4, -0.2) is 5.11 Å². The van der Waals surface area contributed by atoms with E-state index in [1.54, 1.807) is 13.0 Å². The fourth-order valence-corrected chi connectivity index (χ4v) is 1.71. The van der Waals surface area contributed by atoms with E-state index in [0.717, 1.165) is 5.56 Å². The molecule has 3 heteroatoms. The molecule has 18 heavy (non-hydrogen) atoms. The Morgan fingerprint density at radius 2 is 1.89 bits per heavy atom. The van der Waals surface area contributed by atoms with Gasteiger partial charge in [-0.05, 0) is 24.6 Å². The zero-order chi connectivity index (χ0) is 13.0. The Morgan fingerprint density at radius 3 is 2.56 bits per heavy atom. The predicted molar refractivity (Wildman–Crippen MR) is 67.8 cm³/mol. The van der Waals surface area contributed by atoms with Gasteiger partial charge in [0.1, 0.15) is 18.2 Å². The van der Waals surface area contributed by atoms with Crippen LogP contribution in [0.2, 0.25) is 0 Å². The lowest BCUT2D eigenvalue weighted by Gasteiger charge is -2.13. The van der Waals surface area contributed by atoms with Gasteiger partial charge in [-0.15, -0.1) is 0 Å². The quantitative estimate of drug-likeness (QED) is 0.895. The van der Waals surface area contributed by atoms with E-state index >= 15 is 0 Å². The third kappa shape index (κ3) is 3.08. The first kappa shape index (κ1) is 12.6. The first-order valence-corrected chi connectivity index (χ1v) is 5.81. The Kier molecular flexibility index (Phi) is 3.95. The molecule has 0 aliphatic rings.